The molecule has 0 bridgehead atoms. The lowest BCUT2D eigenvalue weighted by Gasteiger charge is -2.32. The minimum absolute atomic E-state index is 0.391. The number of hydrogen-bond acceptors (Lipinski definition) is 1. The van der Waals surface area contributed by atoms with Crippen LogP contribution in [0.2, 0.25) is 0 Å². The van der Waals surface area contributed by atoms with Gasteiger partial charge in [-0.15, -0.1) is 0 Å². The van der Waals surface area contributed by atoms with Crippen LogP contribution in [0.4, 0.5) is 0 Å². The summed E-state index contributed by atoms with van der Waals surface area (Å²) >= 11 is 0. The molecule has 1 aromatic carbocycles. The van der Waals surface area contributed by atoms with E-state index in [0.717, 1.165) is 0 Å². The van der Waals surface area contributed by atoms with Crippen LogP contribution < -0.4 is 0 Å². The van der Waals surface area contributed by atoms with E-state index < -0.39 is 0 Å². The number of aromatic amines is 1. The minimum atomic E-state index is 0.391. The lowest BCUT2D eigenvalue weighted by Crippen LogP contribution is -2.19. The Labute approximate surface area is 152 Å². The van der Waals surface area contributed by atoms with Gasteiger partial charge in [0.05, 0.1) is 0 Å². The summed E-state index contributed by atoms with van der Waals surface area (Å²) in [6, 6.07) is 9.03. The van der Waals surface area contributed by atoms with E-state index in [-0.39, 0.29) is 0 Å². The van der Waals surface area contributed by atoms with E-state index in [9.17, 15) is 0 Å². The van der Waals surface area contributed by atoms with Crippen molar-refractivity contribution in [1.29, 1.82) is 0 Å². The average Bonchev–Trinajstić information content (AvgIpc) is 2.95. The summed E-state index contributed by atoms with van der Waals surface area (Å²) in [4.78, 5) is 7.83. The van der Waals surface area contributed by atoms with Gasteiger partial charge in [-0.05, 0) is 53.9 Å². The number of benzene rings is 1. The Hall–Kier alpha value is -1.83. The number of rotatable bonds is 7. The SMILES string of the molecule is CCCCC(C)(C)CC(c1ccc2[nH]c3ccncc3c2c1)C(C)C. The van der Waals surface area contributed by atoms with Crippen LogP contribution in [-0.4, -0.2) is 9.97 Å². The molecule has 0 saturated heterocycles. The fourth-order valence-electron chi connectivity index (χ4n) is 4.08. The average molecular weight is 337 g/mol. The third-order valence-corrected chi connectivity index (χ3v) is 5.64. The Kier molecular flexibility index (Phi) is 5.17. The third-order valence-electron chi connectivity index (χ3n) is 5.64. The Bertz CT molecular complexity index is 842. The van der Waals surface area contributed by atoms with Gasteiger partial charge in [-0.1, -0.05) is 53.5 Å². The third kappa shape index (κ3) is 3.89. The van der Waals surface area contributed by atoms with E-state index in [2.05, 4.69) is 68.9 Å². The standard InChI is InChI=1S/C23H32N2/c1-6-7-11-23(4,5)14-19(16(2)3)17-8-9-21-18(13-17)20-15-24-12-10-22(20)25-21/h8-10,12-13,15-16,19,25H,6-7,11,14H2,1-5H3. The Morgan fingerprint density at radius 2 is 1.84 bits per heavy atom. The maximum Gasteiger partial charge on any atom is 0.0495 e. The number of aromatic nitrogens is 2. The largest absolute Gasteiger partial charge is 0.354 e. The van der Waals surface area contributed by atoms with Crippen molar-refractivity contribution in [3.63, 3.8) is 0 Å². The van der Waals surface area contributed by atoms with Crippen molar-refractivity contribution in [2.24, 2.45) is 11.3 Å². The molecule has 2 aromatic heterocycles. The van der Waals surface area contributed by atoms with Crippen molar-refractivity contribution in [2.75, 3.05) is 0 Å². The van der Waals surface area contributed by atoms with E-state index in [1.807, 2.05) is 12.4 Å². The van der Waals surface area contributed by atoms with Crippen molar-refractivity contribution >= 4 is 21.8 Å². The van der Waals surface area contributed by atoms with Crippen LogP contribution in [0.15, 0.2) is 36.7 Å². The van der Waals surface area contributed by atoms with E-state index in [4.69, 9.17) is 0 Å². The van der Waals surface area contributed by atoms with Crippen molar-refractivity contribution in [3.05, 3.63) is 42.2 Å². The highest BCUT2D eigenvalue weighted by Crippen LogP contribution is 2.40. The van der Waals surface area contributed by atoms with Crippen LogP contribution in [0.1, 0.15) is 71.8 Å². The molecule has 3 rings (SSSR count). The molecule has 1 atom stereocenters. The van der Waals surface area contributed by atoms with Gasteiger partial charge >= 0.3 is 0 Å². The molecule has 0 fully saturated rings. The highest BCUT2D eigenvalue weighted by molar-refractivity contribution is 6.06. The predicted octanol–water partition coefficient (Wildman–Crippen LogP) is 7.06. The summed E-state index contributed by atoms with van der Waals surface area (Å²) in [6.07, 6.45) is 9.00. The van der Waals surface area contributed by atoms with Crippen LogP contribution in [0.3, 0.4) is 0 Å². The van der Waals surface area contributed by atoms with E-state index in [1.54, 1.807) is 0 Å². The summed E-state index contributed by atoms with van der Waals surface area (Å²) in [5.74, 6) is 1.24. The number of hydrogen-bond donors (Lipinski definition) is 1. The van der Waals surface area contributed by atoms with Crippen molar-refractivity contribution in [2.45, 2.75) is 66.2 Å². The van der Waals surface area contributed by atoms with E-state index in [1.165, 1.54) is 53.1 Å². The number of nitrogens with zero attached hydrogens (tertiary/aromatic N) is 1. The molecule has 3 aromatic rings. The zero-order valence-electron chi connectivity index (χ0n) is 16.4. The second-order valence-corrected chi connectivity index (χ2v) is 8.67. The Morgan fingerprint density at radius 1 is 1.08 bits per heavy atom. The molecule has 1 unspecified atom stereocenters. The van der Waals surface area contributed by atoms with E-state index in [0.29, 0.717) is 17.3 Å². The maximum absolute atomic E-state index is 4.32. The fraction of sp³-hybridized carbons (Fsp3) is 0.522. The number of H-pyrrole nitrogens is 1. The molecule has 2 heterocycles. The normalized spacial score (nSPS) is 13.8. The molecule has 0 aliphatic rings. The first-order valence-electron chi connectivity index (χ1n) is 9.76. The molecule has 0 radical (unpaired) electrons. The molecule has 2 nitrogen and oxygen atoms in total. The van der Waals surface area contributed by atoms with Gasteiger partial charge in [0.15, 0.2) is 0 Å². The zero-order valence-corrected chi connectivity index (χ0v) is 16.4. The molecule has 0 aliphatic carbocycles. The lowest BCUT2D eigenvalue weighted by atomic mass is 9.73. The first-order valence-corrected chi connectivity index (χ1v) is 9.76. The van der Waals surface area contributed by atoms with Gasteiger partial charge in [0.2, 0.25) is 0 Å². The zero-order chi connectivity index (χ0) is 18.0. The van der Waals surface area contributed by atoms with Crippen molar-refractivity contribution in [1.82, 2.24) is 9.97 Å². The quantitative estimate of drug-likeness (QED) is 0.491. The highest BCUT2D eigenvalue weighted by Gasteiger charge is 2.26. The summed E-state index contributed by atoms with van der Waals surface area (Å²) in [5.41, 5.74) is 4.24. The van der Waals surface area contributed by atoms with Gasteiger partial charge in [0, 0.05) is 34.2 Å². The van der Waals surface area contributed by atoms with Gasteiger partial charge < -0.3 is 4.98 Å². The summed E-state index contributed by atoms with van der Waals surface area (Å²) in [5, 5.41) is 2.53. The van der Waals surface area contributed by atoms with Gasteiger partial charge in [-0.25, -0.2) is 0 Å². The second-order valence-electron chi connectivity index (χ2n) is 8.67. The van der Waals surface area contributed by atoms with E-state index >= 15 is 0 Å². The molecule has 0 spiro atoms. The first kappa shape index (κ1) is 18.0. The van der Waals surface area contributed by atoms with Crippen molar-refractivity contribution < 1.29 is 0 Å². The topological polar surface area (TPSA) is 28.7 Å². The molecular formula is C23H32N2. The van der Waals surface area contributed by atoms with Crippen LogP contribution >= 0.6 is 0 Å². The summed E-state index contributed by atoms with van der Waals surface area (Å²) in [6.45, 7) is 11.9. The minimum Gasteiger partial charge on any atom is -0.354 e. The lowest BCUT2D eigenvalue weighted by molar-refractivity contribution is 0.248. The van der Waals surface area contributed by atoms with Crippen LogP contribution in [-0.2, 0) is 0 Å². The molecular weight excluding hydrogens is 304 g/mol. The fourth-order valence-corrected chi connectivity index (χ4v) is 4.08. The van der Waals surface area contributed by atoms with Gasteiger partial charge in [-0.2, -0.15) is 0 Å². The van der Waals surface area contributed by atoms with Crippen LogP contribution in [0.5, 0.6) is 0 Å². The molecule has 0 saturated carbocycles. The molecule has 0 amide bonds. The second kappa shape index (κ2) is 7.19. The summed E-state index contributed by atoms with van der Waals surface area (Å²) < 4.78 is 0. The number of pyridine rings is 1. The van der Waals surface area contributed by atoms with Gasteiger partial charge in [0.25, 0.3) is 0 Å². The predicted molar refractivity (Wildman–Crippen MR) is 109 cm³/mol. The molecule has 1 N–H and O–H groups in total. The molecule has 0 aliphatic heterocycles. The first-order chi connectivity index (χ1) is 11.9. The van der Waals surface area contributed by atoms with Gasteiger partial charge in [0.1, 0.15) is 0 Å². The highest BCUT2D eigenvalue weighted by atomic mass is 14.7. The van der Waals surface area contributed by atoms with Crippen LogP contribution in [0, 0.1) is 11.3 Å². The molecule has 134 valence electrons. The monoisotopic (exact) mass is 336 g/mol. The molecule has 2 heteroatoms. The number of unbranched alkanes of at least 4 members (excludes halogenated alkanes) is 1. The Balaban J connectivity index is 1.97. The number of nitrogens with one attached hydrogen (secondary N) is 1. The maximum atomic E-state index is 4.32. The van der Waals surface area contributed by atoms with Gasteiger partial charge in [-0.3, -0.25) is 4.98 Å². The summed E-state index contributed by atoms with van der Waals surface area (Å²) in [7, 11) is 0. The molecule has 25 heavy (non-hydrogen) atoms. The Morgan fingerprint density at radius 3 is 2.56 bits per heavy atom. The number of fused-ring (bicyclic) bond motifs is 3. The van der Waals surface area contributed by atoms with Crippen molar-refractivity contribution in [3.8, 4) is 0 Å². The smallest absolute Gasteiger partial charge is 0.0495 e. The van der Waals surface area contributed by atoms with Crippen LogP contribution in [0.25, 0.3) is 21.8 Å².